The van der Waals surface area contributed by atoms with Crippen molar-refractivity contribution in [2.75, 3.05) is 0 Å². The molecule has 0 heterocycles. The maximum absolute atomic E-state index is 10.7. The second kappa shape index (κ2) is 9.41. The molecule has 0 radical (unpaired) electrons. The van der Waals surface area contributed by atoms with Crippen LogP contribution in [0.2, 0.25) is 0 Å². The van der Waals surface area contributed by atoms with E-state index in [2.05, 4.69) is 9.98 Å². The lowest BCUT2D eigenvalue weighted by Crippen LogP contribution is -2.46. The molecule has 2 aromatic carbocycles. The normalized spacial score (nSPS) is 19.8. The Morgan fingerprint density at radius 3 is 1.75 bits per heavy atom. The highest BCUT2D eigenvalue weighted by Crippen LogP contribution is 2.44. The third kappa shape index (κ3) is 4.19. The summed E-state index contributed by atoms with van der Waals surface area (Å²) in [4.78, 5) is 29.2. The van der Waals surface area contributed by atoms with Crippen LogP contribution in [0, 0.1) is 5.41 Å². The number of nitrogens with zero attached hydrogens (tertiary/aromatic N) is 2. The SMILES string of the molecule is CC(N=C=O)c1ccc2c(c1)CCc1cc(C(C)N=C=O)ccc1C2(C[C@@H](C)N)C(=N)N. The number of fused-ring (bicyclic) bond motifs is 2. The summed E-state index contributed by atoms with van der Waals surface area (Å²) in [5, 5.41) is 8.68. The summed E-state index contributed by atoms with van der Waals surface area (Å²) in [6.07, 6.45) is 5.20. The molecule has 0 spiro atoms. The maximum Gasteiger partial charge on any atom is 0.235 e. The molecule has 0 bridgehead atoms. The van der Waals surface area contributed by atoms with Crippen LogP contribution < -0.4 is 11.5 Å². The van der Waals surface area contributed by atoms with Gasteiger partial charge in [-0.3, -0.25) is 5.41 Å². The summed E-state index contributed by atoms with van der Waals surface area (Å²) in [6, 6.07) is 11.1. The zero-order valence-corrected chi connectivity index (χ0v) is 18.7. The topological polar surface area (TPSA) is 135 Å². The van der Waals surface area contributed by atoms with Crippen LogP contribution >= 0.6 is 0 Å². The summed E-state index contributed by atoms with van der Waals surface area (Å²) in [5.74, 6) is 0.0395. The number of benzene rings is 2. The Morgan fingerprint density at radius 1 is 0.969 bits per heavy atom. The van der Waals surface area contributed by atoms with E-state index in [1.165, 1.54) is 0 Å². The van der Waals surface area contributed by atoms with Gasteiger partial charge >= 0.3 is 0 Å². The molecule has 0 aromatic heterocycles. The van der Waals surface area contributed by atoms with Crippen LogP contribution in [-0.2, 0) is 27.8 Å². The molecule has 1 aliphatic carbocycles. The number of rotatable bonds is 7. The molecule has 5 N–H and O–H groups in total. The van der Waals surface area contributed by atoms with Crippen molar-refractivity contribution in [3.63, 3.8) is 0 Å². The molecule has 166 valence electrons. The third-order valence-corrected chi connectivity index (χ3v) is 6.39. The molecule has 7 nitrogen and oxygen atoms in total. The first-order valence-corrected chi connectivity index (χ1v) is 10.7. The van der Waals surface area contributed by atoms with Gasteiger partial charge in [0.2, 0.25) is 12.2 Å². The van der Waals surface area contributed by atoms with Crippen LogP contribution in [0.25, 0.3) is 0 Å². The Labute approximate surface area is 188 Å². The van der Waals surface area contributed by atoms with E-state index in [0.717, 1.165) is 46.2 Å². The lowest BCUT2D eigenvalue weighted by Gasteiger charge is -2.37. The largest absolute Gasteiger partial charge is 0.387 e. The minimum Gasteiger partial charge on any atom is -0.387 e. The first kappa shape index (κ1) is 23.3. The first-order valence-electron chi connectivity index (χ1n) is 10.7. The second-order valence-corrected chi connectivity index (χ2v) is 8.63. The summed E-state index contributed by atoms with van der Waals surface area (Å²) < 4.78 is 0. The van der Waals surface area contributed by atoms with Crippen molar-refractivity contribution in [3.05, 3.63) is 69.8 Å². The standard InChI is InChI=1S/C25H29N5O2/c1-15(26)12-25(24(27)28)22-8-6-18(16(2)29-13-31)10-20(22)4-5-21-11-19(7-9-23(21)25)17(3)30-14-32/h6-11,15-17H,4-5,12,26H2,1-3H3,(H3,27,28)/t15-,16?,17?,25?/m1/s1. The van der Waals surface area contributed by atoms with E-state index in [1.807, 2.05) is 57.2 Å². The van der Waals surface area contributed by atoms with Gasteiger partial charge < -0.3 is 11.5 Å². The monoisotopic (exact) mass is 431 g/mol. The van der Waals surface area contributed by atoms with E-state index < -0.39 is 5.41 Å². The van der Waals surface area contributed by atoms with Crippen LogP contribution in [0.4, 0.5) is 0 Å². The Morgan fingerprint density at radius 2 is 1.41 bits per heavy atom. The molecule has 32 heavy (non-hydrogen) atoms. The van der Waals surface area contributed by atoms with Gasteiger partial charge in [-0.05, 0) is 73.4 Å². The van der Waals surface area contributed by atoms with Crippen LogP contribution in [0.3, 0.4) is 0 Å². The average molecular weight is 432 g/mol. The van der Waals surface area contributed by atoms with Gasteiger partial charge in [-0.1, -0.05) is 36.4 Å². The predicted molar refractivity (Wildman–Crippen MR) is 124 cm³/mol. The highest BCUT2D eigenvalue weighted by Gasteiger charge is 2.43. The number of nitrogens with one attached hydrogen (secondary N) is 1. The number of aliphatic imine (C=N–C) groups is 2. The maximum atomic E-state index is 10.7. The molecule has 7 heteroatoms. The second-order valence-electron chi connectivity index (χ2n) is 8.63. The van der Waals surface area contributed by atoms with Gasteiger partial charge in [-0.25, -0.2) is 9.59 Å². The summed E-state index contributed by atoms with van der Waals surface area (Å²) in [5.41, 5.74) is 17.6. The van der Waals surface area contributed by atoms with Gasteiger partial charge in [0.1, 0.15) is 5.84 Å². The van der Waals surface area contributed by atoms with Gasteiger partial charge in [-0.2, -0.15) is 9.98 Å². The average Bonchev–Trinajstić information content (AvgIpc) is 2.88. The van der Waals surface area contributed by atoms with Gasteiger partial charge in [-0.15, -0.1) is 0 Å². The Hall–Kier alpha value is -3.37. The minimum absolute atomic E-state index is 0.0395. The number of hydrogen-bond acceptors (Lipinski definition) is 6. The van der Waals surface area contributed by atoms with Crippen LogP contribution in [0.1, 0.15) is 72.7 Å². The smallest absolute Gasteiger partial charge is 0.235 e. The molecule has 3 rings (SSSR count). The molecule has 2 aromatic rings. The number of hydrogen-bond donors (Lipinski definition) is 3. The van der Waals surface area contributed by atoms with E-state index in [4.69, 9.17) is 16.9 Å². The zero-order valence-electron chi connectivity index (χ0n) is 18.7. The fourth-order valence-electron chi connectivity index (χ4n) is 4.82. The van der Waals surface area contributed by atoms with Crippen molar-refractivity contribution in [1.82, 2.24) is 0 Å². The molecular formula is C25H29N5O2. The quantitative estimate of drug-likeness (QED) is 0.351. The lowest BCUT2D eigenvalue weighted by molar-refractivity contribution is 0.533. The number of aryl methyl sites for hydroxylation is 2. The van der Waals surface area contributed by atoms with Crippen LogP contribution in [-0.4, -0.2) is 24.0 Å². The fraction of sp³-hybridized carbons (Fsp3) is 0.400. The highest BCUT2D eigenvalue weighted by molar-refractivity contribution is 5.94. The number of isocyanates is 2. The van der Waals surface area contributed by atoms with Crippen molar-refractivity contribution in [3.8, 4) is 0 Å². The van der Waals surface area contributed by atoms with E-state index >= 15 is 0 Å². The van der Waals surface area contributed by atoms with E-state index in [9.17, 15) is 9.59 Å². The van der Waals surface area contributed by atoms with E-state index in [-0.39, 0.29) is 24.0 Å². The summed E-state index contributed by atoms with van der Waals surface area (Å²) in [7, 11) is 0. The molecule has 2 unspecified atom stereocenters. The van der Waals surface area contributed by atoms with E-state index in [1.54, 1.807) is 12.2 Å². The van der Waals surface area contributed by atoms with Crippen molar-refractivity contribution in [2.45, 2.75) is 63.6 Å². The Bertz CT molecular complexity index is 1050. The van der Waals surface area contributed by atoms with Crippen molar-refractivity contribution >= 4 is 18.0 Å². The van der Waals surface area contributed by atoms with Gasteiger partial charge in [0.25, 0.3) is 0 Å². The van der Waals surface area contributed by atoms with Gasteiger partial charge in [0.15, 0.2) is 0 Å². The molecule has 0 aliphatic heterocycles. The van der Waals surface area contributed by atoms with E-state index in [0.29, 0.717) is 6.42 Å². The Kier molecular flexibility index (Phi) is 6.85. The van der Waals surface area contributed by atoms with Crippen molar-refractivity contribution in [1.29, 1.82) is 5.41 Å². The van der Waals surface area contributed by atoms with Crippen LogP contribution in [0.15, 0.2) is 46.4 Å². The lowest BCUT2D eigenvalue weighted by atomic mass is 9.67. The highest BCUT2D eigenvalue weighted by atomic mass is 16.1. The summed E-state index contributed by atoms with van der Waals surface area (Å²) >= 11 is 0. The molecule has 1 aliphatic rings. The van der Waals surface area contributed by atoms with Crippen LogP contribution in [0.5, 0.6) is 0 Å². The molecule has 0 fully saturated rings. The van der Waals surface area contributed by atoms with Crippen molar-refractivity contribution in [2.24, 2.45) is 21.5 Å². The minimum atomic E-state index is -0.874. The molecule has 0 saturated heterocycles. The number of carbonyl (C=O) groups excluding carboxylic acids is 2. The first-order chi connectivity index (χ1) is 15.2. The third-order valence-electron chi connectivity index (χ3n) is 6.39. The summed E-state index contributed by atoms with van der Waals surface area (Å²) in [6.45, 7) is 5.61. The molecule has 3 atom stereocenters. The number of amidine groups is 1. The van der Waals surface area contributed by atoms with Crippen molar-refractivity contribution < 1.29 is 9.59 Å². The fourth-order valence-corrected chi connectivity index (χ4v) is 4.82. The van der Waals surface area contributed by atoms with Gasteiger partial charge in [0, 0.05) is 6.04 Å². The van der Waals surface area contributed by atoms with Gasteiger partial charge in [0.05, 0.1) is 17.5 Å². The molecule has 0 amide bonds. The molecular weight excluding hydrogens is 402 g/mol. The number of nitrogens with two attached hydrogens (primary N) is 2. The predicted octanol–water partition coefficient (Wildman–Crippen LogP) is 3.54. The zero-order chi connectivity index (χ0) is 23.5. The Balaban J connectivity index is 2.28. The molecule has 0 saturated carbocycles.